The zero-order valence-electron chi connectivity index (χ0n) is 14.3. The van der Waals surface area contributed by atoms with Crippen molar-refractivity contribution in [2.45, 2.75) is 20.3 Å². The fourth-order valence-corrected chi connectivity index (χ4v) is 3.03. The number of carbonyl (C=O) groups is 2. The normalized spacial score (nSPS) is 17.1. The minimum atomic E-state index is 0.00460. The van der Waals surface area contributed by atoms with E-state index in [4.69, 9.17) is 9.47 Å². The number of amides is 2. The number of carbonyl (C=O) groups excluding carboxylic acids is 2. The second kappa shape index (κ2) is 7.11. The molecule has 2 heterocycles. The minimum Gasteiger partial charge on any atom is -0.486 e. The van der Waals surface area contributed by atoms with Crippen molar-refractivity contribution >= 4 is 11.8 Å². The van der Waals surface area contributed by atoms with Gasteiger partial charge in [-0.25, -0.2) is 0 Å². The lowest BCUT2D eigenvalue weighted by Gasteiger charge is -2.35. The molecule has 2 aliphatic heterocycles. The summed E-state index contributed by atoms with van der Waals surface area (Å²) >= 11 is 0. The van der Waals surface area contributed by atoms with Crippen molar-refractivity contribution < 1.29 is 19.1 Å². The van der Waals surface area contributed by atoms with Crippen molar-refractivity contribution in [1.29, 1.82) is 0 Å². The van der Waals surface area contributed by atoms with Crippen molar-refractivity contribution in [3.8, 4) is 11.5 Å². The lowest BCUT2D eigenvalue weighted by molar-refractivity contribution is -0.141. The fourth-order valence-electron chi connectivity index (χ4n) is 3.03. The Morgan fingerprint density at radius 3 is 2.29 bits per heavy atom. The molecule has 3 rings (SSSR count). The summed E-state index contributed by atoms with van der Waals surface area (Å²) in [6.07, 6.45) is 0.342. The second-order valence-electron chi connectivity index (χ2n) is 6.52. The van der Waals surface area contributed by atoms with Crippen molar-refractivity contribution in [2.75, 3.05) is 39.4 Å². The third-order valence-corrected chi connectivity index (χ3v) is 4.40. The quantitative estimate of drug-likeness (QED) is 0.838. The van der Waals surface area contributed by atoms with Gasteiger partial charge in [-0.3, -0.25) is 9.59 Å². The highest BCUT2D eigenvalue weighted by atomic mass is 16.6. The molecule has 1 fully saturated rings. The highest BCUT2D eigenvalue weighted by Crippen LogP contribution is 2.31. The summed E-state index contributed by atoms with van der Waals surface area (Å²) in [5.74, 6) is 1.69. The van der Waals surface area contributed by atoms with Crippen LogP contribution in [-0.4, -0.2) is 61.0 Å². The van der Waals surface area contributed by atoms with Gasteiger partial charge in [0.1, 0.15) is 13.2 Å². The van der Waals surface area contributed by atoms with Crippen molar-refractivity contribution in [3.63, 3.8) is 0 Å². The predicted octanol–water partition coefficient (Wildman–Crippen LogP) is 1.33. The maximum atomic E-state index is 12.5. The number of ether oxygens (including phenoxy) is 2. The topological polar surface area (TPSA) is 59.1 Å². The van der Waals surface area contributed by atoms with Gasteiger partial charge in [0.2, 0.25) is 11.8 Å². The smallest absolute Gasteiger partial charge is 0.227 e. The number of benzene rings is 1. The van der Waals surface area contributed by atoms with Gasteiger partial charge >= 0.3 is 0 Å². The van der Waals surface area contributed by atoms with E-state index in [0.29, 0.717) is 51.6 Å². The number of fused-ring (bicyclic) bond motifs is 1. The molecule has 0 spiro atoms. The number of hydrogen-bond acceptors (Lipinski definition) is 4. The molecule has 6 nitrogen and oxygen atoms in total. The standard InChI is InChI=1S/C18H24N2O4/c1-13(2)18(22)20-7-5-19(6-8-20)17(21)12-14-3-4-15-16(11-14)24-10-9-23-15/h3-4,11,13H,5-10,12H2,1-2H3. The molecule has 0 radical (unpaired) electrons. The fraction of sp³-hybridized carbons (Fsp3) is 0.556. The average molecular weight is 332 g/mol. The van der Waals surface area contributed by atoms with Gasteiger partial charge in [-0.1, -0.05) is 19.9 Å². The molecule has 1 aromatic carbocycles. The summed E-state index contributed by atoms with van der Waals surface area (Å²) in [6.45, 7) is 7.34. The van der Waals surface area contributed by atoms with Gasteiger partial charge in [0, 0.05) is 32.1 Å². The maximum Gasteiger partial charge on any atom is 0.227 e. The third-order valence-electron chi connectivity index (χ3n) is 4.40. The van der Waals surface area contributed by atoms with Crippen LogP contribution in [0.4, 0.5) is 0 Å². The Bertz CT molecular complexity index is 621. The molecule has 0 N–H and O–H groups in total. The van der Waals surface area contributed by atoms with Gasteiger partial charge < -0.3 is 19.3 Å². The van der Waals surface area contributed by atoms with Gasteiger partial charge in [-0.2, -0.15) is 0 Å². The summed E-state index contributed by atoms with van der Waals surface area (Å²) in [5.41, 5.74) is 0.921. The summed E-state index contributed by atoms with van der Waals surface area (Å²) in [5, 5.41) is 0. The largest absolute Gasteiger partial charge is 0.486 e. The molecule has 2 amide bonds. The molecule has 0 aromatic heterocycles. The van der Waals surface area contributed by atoms with Crippen molar-refractivity contribution in [2.24, 2.45) is 5.92 Å². The Kier molecular flexibility index (Phi) is 4.92. The lowest BCUT2D eigenvalue weighted by atomic mass is 10.1. The van der Waals surface area contributed by atoms with Gasteiger partial charge in [-0.15, -0.1) is 0 Å². The van der Waals surface area contributed by atoms with E-state index in [1.165, 1.54) is 0 Å². The Hall–Kier alpha value is -2.24. The van der Waals surface area contributed by atoms with Gasteiger partial charge in [-0.05, 0) is 17.7 Å². The van der Waals surface area contributed by atoms with E-state index in [0.717, 1.165) is 11.3 Å². The molecule has 1 aromatic rings. The first-order valence-electron chi connectivity index (χ1n) is 8.49. The van der Waals surface area contributed by atoms with Crippen LogP contribution in [0.1, 0.15) is 19.4 Å². The number of hydrogen-bond donors (Lipinski definition) is 0. The molecule has 0 saturated carbocycles. The Balaban J connectivity index is 1.55. The number of nitrogens with zero attached hydrogens (tertiary/aromatic N) is 2. The van der Waals surface area contributed by atoms with Crippen LogP contribution in [0.15, 0.2) is 18.2 Å². The Morgan fingerprint density at radius 1 is 1.00 bits per heavy atom. The summed E-state index contributed by atoms with van der Waals surface area (Å²) in [4.78, 5) is 28.2. The van der Waals surface area contributed by atoms with Crippen LogP contribution in [0, 0.1) is 5.92 Å². The van der Waals surface area contributed by atoms with E-state index in [-0.39, 0.29) is 17.7 Å². The average Bonchev–Trinajstić information content (AvgIpc) is 2.61. The second-order valence-corrected chi connectivity index (χ2v) is 6.52. The molecule has 1 saturated heterocycles. The first-order valence-corrected chi connectivity index (χ1v) is 8.49. The molecular weight excluding hydrogens is 308 g/mol. The monoisotopic (exact) mass is 332 g/mol. The highest BCUT2D eigenvalue weighted by Gasteiger charge is 2.25. The SMILES string of the molecule is CC(C)C(=O)N1CCN(C(=O)Cc2ccc3c(c2)OCCO3)CC1. The van der Waals surface area contributed by atoms with Crippen LogP contribution in [0.5, 0.6) is 11.5 Å². The van der Waals surface area contributed by atoms with Gasteiger partial charge in [0.25, 0.3) is 0 Å². The van der Waals surface area contributed by atoms with Gasteiger partial charge in [0.05, 0.1) is 6.42 Å². The van der Waals surface area contributed by atoms with E-state index in [2.05, 4.69) is 0 Å². The zero-order valence-corrected chi connectivity index (χ0v) is 14.3. The van der Waals surface area contributed by atoms with Crippen LogP contribution in [0.2, 0.25) is 0 Å². The molecular formula is C18H24N2O4. The molecule has 2 aliphatic rings. The highest BCUT2D eigenvalue weighted by molar-refractivity contribution is 5.80. The predicted molar refractivity (Wildman–Crippen MR) is 89.1 cm³/mol. The maximum absolute atomic E-state index is 12.5. The molecule has 130 valence electrons. The third kappa shape index (κ3) is 3.63. The summed E-state index contributed by atoms with van der Waals surface area (Å²) in [7, 11) is 0. The van der Waals surface area contributed by atoms with Crippen molar-refractivity contribution in [3.05, 3.63) is 23.8 Å². The molecule has 0 aliphatic carbocycles. The van der Waals surface area contributed by atoms with Crippen LogP contribution in [-0.2, 0) is 16.0 Å². The molecule has 0 bridgehead atoms. The van der Waals surface area contributed by atoms with E-state index < -0.39 is 0 Å². The molecule has 6 heteroatoms. The molecule has 0 unspecified atom stereocenters. The lowest BCUT2D eigenvalue weighted by Crippen LogP contribution is -2.51. The summed E-state index contributed by atoms with van der Waals surface area (Å²) < 4.78 is 11.1. The van der Waals surface area contributed by atoms with Gasteiger partial charge in [0.15, 0.2) is 11.5 Å². The number of rotatable bonds is 3. The van der Waals surface area contributed by atoms with Crippen LogP contribution >= 0.6 is 0 Å². The van der Waals surface area contributed by atoms with E-state index >= 15 is 0 Å². The first kappa shape index (κ1) is 16.6. The van der Waals surface area contributed by atoms with Crippen LogP contribution in [0.25, 0.3) is 0 Å². The van der Waals surface area contributed by atoms with Crippen molar-refractivity contribution in [1.82, 2.24) is 9.80 Å². The summed E-state index contributed by atoms with van der Waals surface area (Å²) in [6, 6.07) is 5.64. The van der Waals surface area contributed by atoms with E-state index in [1.54, 1.807) is 0 Å². The van der Waals surface area contributed by atoms with Crippen LogP contribution in [0.3, 0.4) is 0 Å². The van der Waals surface area contributed by atoms with E-state index in [9.17, 15) is 9.59 Å². The Morgan fingerprint density at radius 2 is 1.62 bits per heavy atom. The minimum absolute atomic E-state index is 0.00460. The van der Waals surface area contributed by atoms with Crippen LogP contribution < -0.4 is 9.47 Å². The first-order chi connectivity index (χ1) is 11.5. The zero-order chi connectivity index (χ0) is 17.1. The Labute approximate surface area is 142 Å². The molecule has 24 heavy (non-hydrogen) atoms. The van der Waals surface area contributed by atoms with E-state index in [1.807, 2.05) is 41.8 Å². The number of piperazine rings is 1. The molecule has 0 atom stereocenters.